The third kappa shape index (κ3) is 2.31. The Labute approximate surface area is 106 Å². The first-order valence-electron chi connectivity index (χ1n) is 5.99. The van der Waals surface area contributed by atoms with Gasteiger partial charge in [-0.25, -0.2) is 4.99 Å². The number of halogens is 1. The molecule has 2 heterocycles. The first kappa shape index (κ1) is 11.1. The summed E-state index contributed by atoms with van der Waals surface area (Å²) in [6, 6.07) is 8.00. The Kier molecular flexibility index (Phi) is 3.04. The largest absolute Gasteiger partial charge is 0.478 e. The summed E-state index contributed by atoms with van der Waals surface area (Å²) in [6.07, 6.45) is 1.13. The molecule has 4 heteroatoms. The van der Waals surface area contributed by atoms with E-state index in [0.29, 0.717) is 12.5 Å². The third-order valence-electron chi connectivity index (χ3n) is 3.34. The Balaban J connectivity index is 1.75. The Morgan fingerprint density at radius 2 is 2.12 bits per heavy atom. The van der Waals surface area contributed by atoms with Crippen LogP contribution in [0.2, 0.25) is 5.02 Å². The van der Waals surface area contributed by atoms with E-state index < -0.39 is 0 Å². The summed E-state index contributed by atoms with van der Waals surface area (Å²) in [5.41, 5.74) is 1.18. The highest BCUT2D eigenvalue weighted by molar-refractivity contribution is 6.30. The van der Waals surface area contributed by atoms with E-state index in [1.165, 1.54) is 5.56 Å². The number of hydrogen-bond acceptors (Lipinski definition) is 3. The smallest absolute Gasteiger partial charge is 0.188 e. The molecule has 0 aromatic heterocycles. The van der Waals surface area contributed by atoms with E-state index >= 15 is 0 Å². The molecule has 1 saturated heterocycles. The lowest BCUT2D eigenvalue weighted by Gasteiger charge is -2.06. The third-order valence-corrected chi connectivity index (χ3v) is 3.59. The van der Waals surface area contributed by atoms with Crippen LogP contribution in [0.1, 0.15) is 18.0 Å². The topological polar surface area (TPSA) is 33.6 Å². The van der Waals surface area contributed by atoms with E-state index in [-0.39, 0.29) is 6.04 Å². The molecule has 2 atom stereocenters. The lowest BCUT2D eigenvalue weighted by molar-refractivity contribution is 0.301. The maximum atomic E-state index is 5.88. The fourth-order valence-electron chi connectivity index (χ4n) is 2.34. The van der Waals surface area contributed by atoms with Crippen molar-refractivity contribution in [3.05, 3.63) is 34.9 Å². The first-order chi connectivity index (χ1) is 8.33. The predicted octanol–water partition coefficient (Wildman–Crippen LogP) is 2.42. The molecule has 1 aromatic carbocycles. The standard InChI is InChI=1S/C13H15ClN2O/c14-11-3-1-9(2-4-11)12-8-17-13(16-12)10-5-6-15-7-10/h1-4,10,12,15H,5-8H2. The van der Waals surface area contributed by atoms with E-state index in [2.05, 4.69) is 10.3 Å². The van der Waals surface area contributed by atoms with Gasteiger partial charge in [0.1, 0.15) is 12.6 Å². The van der Waals surface area contributed by atoms with E-state index in [4.69, 9.17) is 16.3 Å². The Bertz CT molecular complexity index is 424. The van der Waals surface area contributed by atoms with Crippen LogP contribution < -0.4 is 5.32 Å². The van der Waals surface area contributed by atoms with Crippen molar-refractivity contribution in [2.24, 2.45) is 10.9 Å². The fraction of sp³-hybridized carbons (Fsp3) is 0.462. The van der Waals surface area contributed by atoms with E-state index in [0.717, 1.165) is 30.4 Å². The number of nitrogens with one attached hydrogen (secondary N) is 1. The van der Waals surface area contributed by atoms with Crippen molar-refractivity contribution in [2.45, 2.75) is 12.5 Å². The molecule has 0 amide bonds. The molecular formula is C13H15ClN2O. The number of hydrogen-bond donors (Lipinski definition) is 1. The summed E-state index contributed by atoms with van der Waals surface area (Å²) in [6.45, 7) is 2.72. The van der Waals surface area contributed by atoms with E-state index in [9.17, 15) is 0 Å². The second-order valence-corrected chi connectivity index (χ2v) is 4.97. The molecule has 0 spiro atoms. The molecule has 3 rings (SSSR count). The maximum Gasteiger partial charge on any atom is 0.188 e. The molecule has 1 fully saturated rings. The van der Waals surface area contributed by atoms with Gasteiger partial charge in [-0.3, -0.25) is 0 Å². The van der Waals surface area contributed by atoms with Gasteiger partial charge < -0.3 is 10.1 Å². The molecule has 2 aliphatic rings. The van der Waals surface area contributed by atoms with Crippen molar-refractivity contribution in [3.8, 4) is 0 Å². The summed E-state index contributed by atoms with van der Waals surface area (Å²) in [5, 5.41) is 4.09. The van der Waals surface area contributed by atoms with Crippen LogP contribution in [0.4, 0.5) is 0 Å². The maximum absolute atomic E-state index is 5.88. The van der Waals surface area contributed by atoms with Crippen molar-refractivity contribution in [1.29, 1.82) is 0 Å². The zero-order valence-corrected chi connectivity index (χ0v) is 10.3. The molecule has 1 aromatic rings. The van der Waals surface area contributed by atoms with Gasteiger partial charge in [-0.05, 0) is 30.7 Å². The van der Waals surface area contributed by atoms with Crippen LogP contribution in [0, 0.1) is 5.92 Å². The SMILES string of the molecule is Clc1ccc(C2COC(C3CCNC3)=N2)cc1. The average Bonchev–Trinajstić information content (AvgIpc) is 3.00. The van der Waals surface area contributed by atoms with Gasteiger partial charge in [0.25, 0.3) is 0 Å². The van der Waals surface area contributed by atoms with Crippen molar-refractivity contribution >= 4 is 17.5 Å². The molecule has 0 radical (unpaired) electrons. The predicted molar refractivity (Wildman–Crippen MR) is 68.6 cm³/mol. The van der Waals surface area contributed by atoms with Crippen molar-refractivity contribution in [1.82, 2.24) is 5.32 Å². The lowest BCUT2D eigenvalue weighted by atomic mass is 10.1. The quantitative estimate of drug-likeness (QED) is 0.875. The van der Waals surface area contributed by atoms with Crippen LogP contribution in [0.5, 0.6) is 0 Å². The van der Waals surface area contributed by atoms with Crippen molar-refractivity contribution in [2.75, 3.05) is 19.7 Å². The molecule has 2 aliphatic heterocycles. The number of benzene rings is 1. The van der Waals surface area contributed by atoms with Gasteiger partial charge in [-0.1, -0.05) is 23.7 Å². The van der Waals surface area contributed by atoms with E-state index in [1.807, 2.05) is 24.3 Å². The molecule has 0 aliphatic carbocycles. The van der Waals surface area contributed by atoms with Gasteiger partial charge in [0.2, 0.25) is 0 Å². The minimum atomic E-state index is 0.142. The Morgan fingerprint density at radius 3 is 2.82 bits per heavy atom. The Hall–Kier alpha value is -1.06. The number of rotatable bonds is 2. The van der Waals surface area contributed by atoms with E-state index in [1.54, 1.807) is 0 Å². The van der Waals surface area contributed by atoms with Gasteiger partial charge >= 0.3 is 0 Å². The number of aliphatic imine (C=N–C) groups is 1. The molecule has 0 saturated carbocycles. The lowest BCUT2D eigenvalue weighted by Crippen LogP contribution is -2.17. The molecule has 0 bridgehead atoms. The van der Waals surface area contributed by atoms with Gasteiger partial charge in [0.15, 0.2) is 5.90 Å². The second-order valence-electron chi connectivity index (χ2n) is 4.54. The van der Waals surface area contributed by atoms with Crippen LogP contribution in [0.25, 0.3) is 0 Å². The minimum Gasteiger partial charge on any atom is -0.478 e. The van der Waals surface area contributed by atoms with Crippen LogP contribution in [-0.4, -0.2) is 25.6 Å². The van der Waals surface area contributed by atoms with Gasteiger partial charge in [-0.15, -0.1) is 0 Å². The van der Waals surface area contributed by atoms with Gasteiger partial charge in [-0.2, -0.15) is 0 Å². The highest BCUT2D eigenvalue weighted by atomic mass is 35.5. The monoisotopic (exact) mass is 250 g/mol. The van der Waals surface area contributed by atoms with Crippen LogP contribution >= 0.6 is 11.6 Å². The zero-order valence-electron chi connectivity index (χ0n) is 9.53. The first-order valence-corrected chi connectivity index (χ1v) is 6.37. The summed E-state index contributed by atoms with van der Waals surface area (Å²) in [4.78, 5) is 4.68. The summed E-state index contributed by atoms with van der Waals surface area (Å²) < 4.78 is 5.71. The van der Waals surface area contributed by atoms with Crippen LogP contribution in [0.15, 0.2) is 29.3 Å². The zero-order chi connectivity index (χ0) is 11.7. The number of nitrogens with zero attached hydrogens (tertiary/aromatic N) is 1. The van der Waals surface area contributed by atoms with Gasteiger partial charge in [0, 0.05) is 17.5 Å². The Morgan fingerprint density at radius 1 is 1.29 bits per heavy atom. The summed E-state index contributed by atoms with van der Waals surface area (Å²) in [5.74, 6) is 1.39. The molecular weight excluding hydrogens is 236 g/mol. The highest BCUT2D eigenvalue weighted by Gasteiger charge is 2.28. The highest BCUT2D eigenvalue weighted by Crippen LogP contribution is 2.27. The minimum absolute atomic E-state index is 0.142. The summed E-state index contributed by atoms with van der Waals surface area (Å²) in [7, 11) is 0. The molecule has 90 valence electrons. The average molecular weight is 251 g/mol. The molecule has 1 N–H and O–H groups in total. The molecule has 2 unspecified atom stereocenters. The normalized spacial score (nSPS) is 27.9. The number of ether oxygens (including phenoxy) is 1. The molecule has 17 heavy (non-hydrogen) atoms. The van der Waals surface area contributed by atoms with Crippen LogP contribution in [-0.2, 0) is 4.74 Å². The molecule has 3 nitrogen and oxygen atoms in total. The van der Waals surface area contributed by atoms with Gasteiger partial charge in [0.05, 0.1) is 0 Å². The van der Waals surface area contributed by atoms with Crippen LogP contribution in [0.3, 0.4) is 0 Å². The summed E-state index contributed by atoms with van der Waals surface area (Å²) >= 11 is 5.88. The second kappa shape index (κ2) is 4.67. The van der Waals surface area contributed by atoms with Crippen molar-refractivity contribution in [3.63, 3.8) is 0 Å². The van der Waals surface area contributed by atoms with Crippen molar-refractivity contribution < 1.29 is 4.74 Å². The fourth-order valence-corrected chi connectivity index (χ4v) is 2.46.